The van der Waals surface area contributed by atoms with Crippen LogP contribution in [0.15, 0.2) is 0 Å². The van der Waals surface area contributed by atoms with Gasteiger partial charge in [-0.25, -0.2) is 0 Å². The van der Waals surface area contributed by atoms with Crippen LogP contribution in [0, 0.1) is 5.92 Å². The van der Waals surface area contributed by atoms with E-state index in [2.05, 4.69) is 18.7 Å². The maximum absolute atomic E-state index is 5.36. The minimum absolute atomic E-state index is 0.632. The summed E-state index contributed by atoms with van der Waals surface area (Å²) >= 11 is 5.36. The maximum atomic E-state index is 5.36. The van der Waals surface area contributed by atoms with Gasteiger partial charge in [-0.05, 0) is 19.8 Å². The van der Waals surface area contributed by atoms with Gasteiger partial charge in [0.2, 0.25) is 0 Å². The van der Waals surface area contributed by atoms with E-state index in [1.807, 2.05) is 0 Å². The van der Waals surface area contributed by atoms with Crippen molar-refractivity contribution in [1.82, 2.24) is 4.90 Å². The molecular weight excluding hydrogens is 154 g/mol. The Morgan fingerprint density at radius 2 is 2.27 bits per heavy atom. The molecule has 0 amide bonds. The molecule has 1 fully saturated rings. The number of hydrogen-bond acceptors (Lipinski definition) is 1. The van der Waals surface area contributed by atoms with Gasteiger partial charge >= 0.3 is 0 Å². The van der Waals surface area contributed by atoms with Crippen LogP contribution in [0.5, 0.6) is 0 Å². The molecule has 1 aliphatic rings. The van der Waals surface area contributed by atoms with Crippen molar-refractivity contribution in [2.75, 3.05) is 13.1 Å². The molecule has 0 aromatic carbocycles. The minimum atomic E-state index is 0.632. The fourth-order valence-electron chi connectivity index (χ4n) is 1.61. The summed E-state index contributed by atoms with van der Waals surface area (Å²) in [5, 5.41) is 0. The molecule has 1 unspecified atom stereocenters. The Balaban J connectivity index is 2.56. The molecule has 1 rings (SSSR count). The maximum Gasteiger partial charge on any atom is 0.0807 e. The lowest BCUT2D eigenvalue weighted by Crippen LogP contribution is -2.32. The van der Waals surface area contributed by atoms with Crippen molar-refractivity contribution in [3.8, 4) is 0 Å². The van der Waals surface area contributed by atoms with Crippen molar-refractivity contribution < 1.29 is 0 Å². The molecule has 1 heterocycles. The van der Waals surface area contributed by atoms with Gasteiger partial charge in [0.25, 0.3) is 0 Å². The van der Waals surface area contributed by atoms with Crippen LogP contribution in [0.4, 0.5) is 0 Å². The molecular formula is C9H17NS. The number of hydrogen-bond donors (Lipinski definition) is 0. The molecule has 0 saturated carbocycles. The van der Waals surface area contributed by atoms with E-state index >= 15 is 0 Å². The van der Waals surface area contributed by atoms with E-state index < -0.39 is 0 Å². The predicted molar refractivity (Wildman–Crippen MR) is 52.9 cm³/mol. The zero-order chi connectivity index (χ0) is 8.27. The Labute approximate surface area is 74.8 Å². The molecule has 11 heavy (non-hydrogen) atoms. The molecule has 0 bridgehead atoms. The minimum Gasteiger partial charge on any atom is -0.366 e. The van der Waals surface area contributed by atoms with Crippen LogP contribution in [-0.4, -0.2) is 23.0 Å². The smallest absolute Gasteiger partial charge is 0.0807 e. The molecule has 0 aromatic heterocycles. The van der Waals surface area contributed by atoms with E-state index in [-0.39, 0.29) is 0 Å². The first-order valence-electron chi connectivity index (χ1n) is 4.54. The van der Waals surface area contributed by atoms with Gasteiger partial charge in [-0.2, -0.15) is 0 Å². The van der Waals surface area contributed by atoms with Crippen molar-refractivity contribution in [1.29, 1.82) is 0 Å². The van der Waals surface area contributed by atoms with Gasteiger partial charge in [-0.15, -0.1) is 0 Å². The van der Waals surface area contributed by atoms with Gasteiger partial charge in [-0.3, -0.25) is 0 Å². The molecule has 0 N–H and O–H groups in total. The van der Waals surface area contributed by atoms with Crippen molar-refractivity contribution >= 4 is 17.2 Å². The van der Waals surface area contributed by atoms with Crippen LogP contribution in [0.1, 0.15) is 33.1 Å². The predicted octanol–water partition coefficient (Wildman–Crippen LogP) is 2.46. The summed E-state index contributed by atoms with van der Waals surface area (Å²) in [4.78, 5) is 3.53. The average Bonchev–Trinajstić information content (AvgIpc) is 2.16. The number of nitrogens with zero attached hydrogens (tertiary/aromatic N) is 1. The third-order valence-corrected chi connectivity index (χ3v) is 3.09. The van der Waals surface area contributed by atoms with Crippen LogP contribution in [-0.2, 0) is 0 Å². The average molecular weight is 171 g/mol. The molecule has 1 saturated heterocycles. The van der Waals surface area contributed by atoms with E-state index in [0.717, 1.165) is 6.54 Å². The summed E-state index contributed by atoms with van der Waals surface area (Å²) in [6.07, 6.45) is 3.95. The van der Waals surface area contributed by atoms with Crippen molar-refractivity contribution in [3.63, 3.8) is 0 Å². The second-order valence-corrected chi connectivity index (χ2v) is 3.73. The highest BCUT2D eigenvalue weighted by molar-refractivity contribution is 7.80. The molecule has 0 spiro atoms. The Bertz CT molecular complexity index is 144. The van der Waals surface area contributed by atoms with Crippen molar-refractivity contribution in [3.05, 3.63) is 0 Å². The zero-order valence-corrected chi connectivity index (χ0v) is 8.28. The lowest BCUT2D eigenvalue weighted by atomic mass is 10.1. The lowest BCUT2D eigenvalue weighted by Gasteiger charge is -2.23. The van der Waals surface area contributed by atoms with Gasteiger partial charge in [0.1, 0.15) is 0 Å². The molecule has 0 aliphatic carbocycles. The molecule has 0 radical (unpaired) electrons. The quantitative estimate of drug-likeness (QED) is 0.558. The van der Waals surface area contributed by atoms with Gasteiger partial charge in [0, 0.05) is 19.0 Å². The van der Waals surface area contributed by atoms with Crippen LogP contribution in [0.2, 0.25) is 0 Å². The highest BCUT2D eigenvalue weighted by Crippen LogP contribution is 2.17. The summed E-state index contributed by atoms with van der Waals surface area (Å²) in [6, 6.07) is 0. The second kappa shape index (κ2) is 4.05. The van der Waals surface area contributed by atoms with E-state index in [1.165, 1.54) is 30.8 Å². The van der Waals surface area contributed by atoms with E-state index in [9.17, 15) is 0 Å². The fraction of sp³-hybridized carbons (Fsp3) is 0.889. The number of likely N-dealkylation sites (tertiary alicyclic amines) is 1. The summed E-state index contributed by atoms with van der Waals surface area (Å²) in [7, 11) is 0. The summed E-state index contributed by atoms with van der Waals surface area (Å²) < 4.78 is 0. The third kappa shape index (κ3) is 2.16. The first-order valence-corrected chi connectivity index (χ1v) is 4.95. The first-order chi connectivity index (χ1) is 5.25. The fourth-order valence-corrected chi connectivity index (χ4v) is 1.95. The largest absolute Gasteiger partial charge is 0.366 e. The highest BCUT2D eigenvalue weighted by Gasteiger charge is 2.17. The first kappa shape index (κ1) is 8.98. The topological polar surface area (TPSA) is 3.24 Å². The highest BCUT2D eigenvalue weighted by atomic mass is 32.1. The third-order valence-electron chi connectivity index (χ3n) is 2.43. The number of thiocarbonyl (C=S) groups is 1. The molecule has 0 aromatic rings. The molecule has 1 atom stereocenters. The monoisotopic (exact) mass is 171 g/mol. The Morgan fingerprint density at radius 3 is 2.91 bits per heavy atom. The zero-order valence-electron chi connectivity index (χ0n) is 7.47. The molecule has 1 aliphatic heterocycles. The van der Waals surface area contributed by atoms with E-state index in [1.54, 1.807) is 0 Å². The van der Waals surface area contributed by atoms with Crippen LogP contribution in [0.25, 0.3) is 0 Å². The van der Waals surface area contributed by atoms with Gasteiger partial charge in [0.15, 0.2) is 0 Å². The van der Waals surface area contributed by atoms with Gasteiger partial charge in [-0.1, -0.05) is 25.6 Å². The molecule has 1 nitrogen and oxygen atoms in total. The second-order valence-electron chi connectivity index (χ2n) is 3.31. The normalized spacial score (nSPS) is 26.9. The Morgan fingerprint density at radius 1 is 1.55 bits per heavy atom. The van der Waals surface area contributed by atoms with Gasteiger partial charge in [0.05, 0.1) is 4.99 Å². The van der Waals surface area contributed by atoms with E-state index in [0.29, 0.717) is 5.92 Å². The van der Waals surface area contributed by atoms with Gasteiger partial charge < -0.3 is 4.90 Å². The Kier molecular flexibility index (Phi) is 3.31. The van der Waals surface area contributed by atoms with Crippen LogP contribution >= 0.6 is 12.2 Å². The lowest BCUT2D eigenvalue weighted by molar-refractivity contribution is 0.439. The Hall–Kier alpha value is -0.110. The SMILES string of the molecule is CCN1CCCCC(C)C1=S. The summed E-state index contributed by atoms with van der Waals surface area (Å²) in [5.74, 6) is 0.632. The van der Waals surface area contributed by atoms with Crippen molar-refractivity contribution in [2.24, 2.45) is 5.92 Å². The number of rotatable bonds is 1. The van der Waals surface area contributed by atoms with Crippen LogP contribution in [0.3, 0.4) is 0 Å². The van der Waals surface area contributed by atoms with E-state index in [4.69, 9.17) is 12.2 Å². The van der Waals surface area contributed by atoms with Crippen molar-refractivity contribution in [2.45, 2.75) is 33.1 Å². The summed E-state index contributed by atoms with van der Waals surface area (Å²) in [5.41, 5.74) is 0. The summed E-state index contributed by atoms with van der Waals surface area (Å²) in [6.45, 7) is 6.70. The molecule has 2 heteroatoms. The standard InChI is InChI=1S/C9H17NS/c1-3-10-7-5-4-6-8(2)9(10)11/h8H,3-7H2,1-2H3. The molecule has 64 valence electrons. The van der Waals surface area contributed by atoms with Crippen LogP contribution < -0.4 is 0 Å².